The van der Waals surface area contributed by atoms with E-state index in [0.717, 1.165) is 11.1 Å². The quantitative estimate of drug-likeness (QED) is 0.406. The van der Waals surface area contributed by atoms with E-state index in [4.69, 9.17) is 9.47 Å². The lowest BCUT2D eigenvalue weighted by molar-refractivity contribution is -0.122. The average molecular weight is 523 g/mol. The molecule has 1 amide bonds. The highest BCUT2D eigenvalue weighted by atomic mass is 32.2. The topological polar surface area (TPSA) is 111 Å². The number of benzene rings is 3. The van der Waals surface area contributed by atoms with Crippen LogP contribution < -0.4 is 19.1 Å². The zero-order chi connectivity index (χ0) is 25.3. The molecule has 1 atom stereocenters. The molecule has 0 radical (unpaired) electrons. The fraction of sp³-hybridized carbons (Fsp3) is 0.160. The van der Waals surface area contributed by atoms with E-state index in [-0.39, 0.29) is 11.4 Å². The van der Waals surface area contributed by atoms with Crippen LogP contribution in [0, 0.1) is 6.92 Å². The molecule has 3 aromatic carbocycles. The summed E-state index contributed by atoms with van der Waals surface area (Å²) in [7, 11) is -2.48. The number of aromatic nitrogens is 2. The Labute approximate surface area is 212 Å². The van der Waals surface area contributed by atoms with Crippen LogP contribution in [0.25, 0.3) is 10.6 Å². The maximum atomic E-state index is 13.5. The molecule has 1 aliphatic heterocycles. The normalized spacial score (nSPS) is 15.1. The first-order valence-corrected chi connectivity index (χ1v) is 13.2. The zero-order valence-electron chi connectivity index (χ0n) is 19.4. The number of sulfonamides is 1. The van der Waals surface area contributed by atoms with Gasteiger partial charge in [0.2, 0.25) is 5.13 Å². The second kappa shape index (κ2) is 9.59. The minimum Gasteiger partial charge on any atom is -0.497 e. The molecule has 2 heterocycles. The first-order chi connectivity index (χ1) is 17.3. The number of rotatable bonds is 6. The highest BCUT2D eigenvalue weighted by Gasteiger charge is 2.37. The Kier molecular flexibility index (Phi) is 6.33. The molecule has 1 N–H and O–H groups in total. The Morgan fingerprint density at radius 1 is 1.06 bits per heavy atom. The van der Waals surface area contributed by atoms with E-state index in [9.17, 15) is 13.2 Å². The summed E-state index contributed by atoms with van der Waals surface area (Å²) in [6, 6.07) is 20.6. The second-order valence-electron chi connectivity index (χ2n) is 8.05. The number of nitrogens with zero attached hydrogens (tertiary/aromatic N) is 3. The number of carbonyl (C=O) groups excluding carboxylic acids is 1. The minimum absolute atomic E-state index is 0.0750. The number of fused-ring (bicyclic) bond motifs is 1. The smallest absolute Gasteiger partial charge is 0.269 e. The molecular weight excluding hydrogens is 500 g/mol. The number of hydrogen-bond donors (Lipinski definition) is 1. The Bertz CT molecular complexity index is 1500. The van der Waals surface area contributed by atoms with E-state index in [1.807, 2.05) is 31.2 Å². The molecular formula is C25H22N4O5S2. The fourth-order valence-electron chi connectivity index (χ4n) is 3.71. The van der Waals surface area contributed by atoms with E-state index < -0.39 is 22.0 Å². The summed E-state index contributed by atoms with van der Waals surface area (Å²) in [4.78, 5) is 13.2. The van der Waals surface area contributed by atoms with Crippen molar-refractivity contribution in [2.45, 2.75) is 17.9 Å². The van der Waals surface area contributed by atoms with Crippen molar-refractivity contribution in [1.82, 2.24) is 10.2 Å². The summed E-state index contributed by atoms with van der Waals surface area (Å²) in [5.74, 6) is 0.306. The van der Waals surface area contributed by atoms with Gasteiger partial charge in [0.15, 0.2) is 6.10 Å². The van der Waals surface area contributed by atoms with Gasteiger partial charge in [-0.2, -0.15) is 0 Å². The third-order valence-corrected chi connectivity index (χ3v) is 8.31. The van der Waals surface area contributed by atoms with Crippen molar-refractivity contribution in [3.8, 4) is 22.1 Å². The van der Waals surface area contributed by atoms with Crippen LogP contribution in [-0.4, -0.2) is 44.3 Å². The largest absolute Gasteiger partial charge is 0.497 e. The molecule has 36 heavy (non-hydrogen) atoms. The van der Waals surface area contributed by atoms with Gasteiger partial charge in [-0.15, -0.1) is 10.2 Å². The predicted molar refractivity (Wildman–Crippen MR) is 137 cm³/mol. The molecule has 9 nitrogen and oxygen atoms in total. The van der Waals surface area contributed by atoms with E-state index in [0.29, 0.717) is 27.3 Å². The summed E-state index contributed by atoms with van der Waals surface area (Å²) < 4.78 is 39.3. The maximum Gasteiger partial charge on any atom is 0.269 e. The lowest BCUT2D eigenvalue weighted by atomic mass is 10.2. The van der Waals surface area contributed by atoms with Gasteiger partial charge in [0.1, 0.15) is 16.5 Å². The zero-order valence-corrected chi connectivity index (χ0v) is 21.0. The van der Waals surface area contributed by atoms with Gasteiger partial charge in [0.25, 0.3) is 15.9 Å². The minimum atomic E-state index is -3.98. The van der Waals surface area contributed by atoms with Crippen molar-refractivity contribution in [2.75, 3.05) is 23.3 Å². The molecule has 0 aliphatic carbocycles. The Hall–Kier alpha value is -3.96. The molecule has 11 heteroatoms. The van der Waals surface area contributed by atoms with Crippen LogP contribution in [0.5, 0.6) is 11.5 Å². The molecule has 1 unspecified atom stereocenters. The fourth-order valence-corrected chi connectivity index (χ4v) is 5.94. The van der Waals surface area contributed by atoms with Crippen molar-refractivity contribution in [1.29, 1.82) is 0 Å². The number of anilines is 2. The molecule has 184 valence electrons. The van der Waals surface area contributed by atoms with Gasteiger partial charge in [0.05, 0.1) is 24.2 Å². The number of aryl methyl sites for hydroxylation is 1. The van der Waals surface area contributed by atoms with Gasteiger partial charge in [-0.3, -0.25) is 14.4 Å². The number of para-hydroxylation sites is 2. The number of ether oxygens (including phenoxy) is 2. The summed E-state index contributed by atoms with van der Waals surface area (Å²) in [6.45, 7) is 1.79. The van der Waals surface area contributed by atoms with Crippen molar-refractivity contribution < 1.29 is 22.7 Å². The van der Waals surface area contributed by atoms with Crippen LogP contribution >= 0.6 is 11.3 Å². The van der Waals surface area contributed by atoms with Crippen LogP contribution in [0.4, 0.5) is 10.8 Å². The lowest BCUT2D eigenvalue weighted by Crippen LogP contribution is -2.48. The highest BCUT2D eigenvalue weighted by Crippen LogP contribution is 2.37. The van der Waals surface area contributed by atoms with Gasteiger partial charge in [0, 0.05) is 5.56 Å². The Morgan fingerprint density at radius 3 is 2.50 bits per heavy atom. The van der Waals surface area contributed by atoms with Crippen LogP contribution in [0.2, 0.25) is 0 Å². The highest BCUT2D eigenvalue weighted by molar-refractivity contribution is 7.92. The number of hydrogen-bond acceptors (Lipinski definition) is 8. The number of nitrogens with one attached hydrogen (secondary N) is 1. The van der Waals surface area contributed by atoms with E-state index in [2.05, 4.69) is 15.5 Å². The SMILES string of the molecule is COc1ccc(S(=O)(=O)N2CC(C(=O)Nc3nnc(-c4ccc(C)cc4)s3)Oc3ccccc32)cc1. The van der Waals surface area contributed by atoms with E-state index in [1.54, 1.807) is 36.4 Å². The molecule has 5 rings (SSSR count). The first kappa shape index (κ1) is 23.8. The average Bonchev–Trinajstić information content (AvgIpc) is 3.36. The molecule has 0 saturated carbocycles. The summed E-state index contributed by atoms with van der Waals surface area (Å²) in [5.41, 5.74) is 2.37. The number of methoxy groups -OCH3 is 1. The third kappa shape index (κ3) is 4.62. The van der Waals surface area contributed by atoms with Crippen LogP contribution in [0.15, 0.2) is 77.7 Å². The monoisotopic (exact) mass is 522 g/mol. The molecule has 0 bridgehead atoms. The summed E-state index contributed by atoms with van der Waals surface area (Å²) >= 11 is 1.22. The van der Waals surface area contributed by atoms with Gasteiger partial charge >= 0.3 is 0 Å². The molecule has 0 fully saturated rings. The summed E-state index contributed by atoms with van der Waals surface area (Å²) in [6.07, 6.45) is -1.10. The predicted octanol–water partition coefficient (Wildman–Crippen LogP) is 4.12. The van der Waals surface area contributed by atoms with Crippen LogP contribution in [0.3, 0.4) is 0 Å². The van der Waals surface area contributed by atoms with Gasteiger partial charge in [-0.1, -0.05) is 53.3 Å². The van der Waals surface area contributed by atoms with Crippen molar-refractivity contribution in [3.05, 3.63) is 78.4 Å². The van der Waals surface area contributed by atoms with Gasteiger partial charge < -0.3 is 9.47 Å². The maximum absolute atomic E-state index is 13.5. The number of amides is 1. The lowest BCUT2D eigenvalue weighted by Gasteiger charge is -2.34. The van der Waals surface area contributed by atoms with Gasteiger partial charge in [-0.05, 0) is 43.3 Å². The third-order valence-electron chi connectivity index (χ3n) is 5.63. The first-order valence-electron chi connectivity index (χ1n) is 11.0. The molecule has 0 spiro atoms. The Morgan fingerprint density at radius 2 is 1.78 bits per heavy atom. The number of carbonyl (C=O) groups is 1. The van der Waals surface area contributed by atoms with Crippen LogP contribution in [-0.2, 0) is 14.8 Å². The van der Waals surface area contributed by atoms with E-state index >= 15 is 0 Å². The summed E-state index contributed by atoms with van der Waals surface area (Å²) in [5, 5.41) is 11.9. The van der Waals surface area contributed by atoms with Crippen molar-refractivity contribution in [2.24, 2.45) is 0 Å². The molecule has 1 aromatic heterocycles. The van der Waals surface area contributed by atoms with E-state index in [1.165, 1.54) is 34.9 Å². The standard InChI is InChI=1S/C25H22N4O5S2/c1-16-7-9-17(10-8-16)24-27-28-25(35-24)26-23(30)22-15-29(20-5-3-4-6-21(20)34-22)36(31,32)19-13-11-18(33-2)12-14-19/h3-14,22H,15H2,1-2H3,(H,26,28,30). The second-order valence-corrected chi connectivity index (χ2v) is 10.9. The molecule has 0 saturated heterocycles. The van der Waals surface area contributed by atoms with Crippen molar-refractivity contribution in [3.63, 3.8) is 0 Å². The molecule has 4 aromatic rings. The van der Waals surface area contributed by atoms with Gasteiger partial charge in [-0.25, -0.2) is 8.42 Å². The Balaban J connectivity index is 1.39. The van der Waals surface area contributed by atoms with Crippen molar-refractivity contribution >= 4 is 38.1 Å². The van der Waals surface area contributed by atoms with Crippen LogP contribution in [0.1, 0.15) is 5.56 Å². The molecule has 1 aliphatic rings.